The monoisotopic (exact) mass is 438 g/mol. The molecule has 2 aliphatic heterocycles. The molecule has 0 N–H and O–H groups in total. The van der Waals surface area contributed by atoms with Gasteiger partial charge in [0, 0.05) is 25.7 Å². The zero-order chi connectivity index (χ0) is 22.6. The molecule has 31 heavy (non-hydrogen) atoms. The second-order valence-electron chi connectivity index (χ2n) is 10.3. The van der Waals surface area contributed by atoms with E-state index in [0.717, 1.165) is 71.0 Å². The van der Waals surface area contributed by atoms with Crippen molar-refractivity contribution in [3.63, 3.8) is 0 Å². The Hall–Kier alpha value is -1.18. The molecule has 0 amide bonds. The summed E-state index contributed by atoms with van der Waals surface area (Å²) in [5.41, 5.74) is -0.587. The van der Waals surface area contributed by atoms with Crippen molar-refractivity contribution in [2.24, 2.45) is 5.92 Å². The van der Waals surface area contributed by atoms with Crippen molar-refractivity contribution < 1.29 is 23.8 Å². The van der Waals surface area contributed by atoms with E-state index in [2.05, 4.69) is 16.7 Å². The van der Waals surface area contributed by atoms with Crippen LogP contribution < -0.4 is 0 Å². The van der Waals surface area contributed by atoms with E-state index in [1.807, 2.05) is 27.7 Å². The van der Waals surface area contributed by atoms with Gasteiger partial charge in [-0.15, -0.1) is 0 Å². The number of rotatable bonds is 7. The Kier molecular flexibility index (Phi) is 8.03. The van der Waals surface area contributed by atoms with Gasteiger partial charge in [-0.1, -0.05) is 0 Å². The summed E-state index contributed by atoms with van der Waals surface area (Å²) in [7, 11) is 0. The lowest BCUT2D eigenvalue weighted by molar-refractivity contribution is -0.279. The number of esters is 2. The fourth-order valence-electron chi connectivity index (χ4n) is 5.28. The summed E-state index contributed by atoms with van der Waals surface area (Å²) in [4.78, 5) is 30.4. The molecule has 178 valence electrons. The van der Waals surface area contributed by atoms with Gasteiger partial charge in [0.1, 0.15) is 5.60 Å². The molecule has 0 spiro atoms. The Morgan fingerprint density at radius 1 is 0.935 bits per heavy atom. The van der Waals surface area contributed by atoms with Gasteiger partial charge in [-0.05, 0) is 86.0 Å². The second-order valence-corrected chi connectivity index (χ2v) is 10.3. The first-order valence-electron chi connectivity index (χ1n) is 12.3. The first-order chi connectivity index (χ1) is 14.7. The molecule has 7 heteroatoms. The maximum atomic E-state index is 13.8. The third-order valence-corrected chi connectivity index (χ3v) is 6.77. The van der Waals surface area contributed by atoms with Crippen molar-refractivity contribution in [3.05, 3.63) is 0 Å². The Morgan fingerprint density at radius 2 is 1.58 bits per heavy atom. The number of carbonyl (C=O) groups is 2. The van der Waals surface area contributed by atoms with E-state index in [1.54, 1.807) is 0 Å². The minimum Gasteiger partial charge on any atom is -0.466 e. The molecule has 0 aromatic heterocycles. The Morgan fingerprint density at radius 3 is 2.10 bits per heavy atom. The van der Waals surface area contributed by atoms with Gasteiger partial charge in [-0.25, -0.2) is 4.79 Å². The molecule has 0 aromatic carbocycles. The average Bonchev–Trinajstić information content (AvgIpc) is 3.38. The Balaban J connectivity index is 1.84. The quantitative estimate of drug-likeness (QED) is 0.561. The molecule has 2 heterocycles. The number of nitrogens with zero attached hydrogens (tertiary/aromatic N) is 2. The largest absolute Gasteiger partial charge is 0.466 e. The minimum atomic E-state index is -1.18. The molecule has 0 aromatic rings. The summed E-state index contributed by atoms with van der Waals surface area (Å²) in [5, 5.41) is 0. The SMILES string of the molecule is CCOC(=O)C1CCC(OC(C(=O)OC(C)(C)C)(N2CCCC2)N2CCCC2C)CC1. The van der Waals surface area contributed by atoms with Crippen LogP contribution in [0.3, 0.4) is 0 Å². The van der Waals surface area contributed by atoms with Crippen molar-refractivity contribution in [1.82, 2.24) is 9.80 Å². The lowest BCUT2D eigenvalue weighted by Crippen LogP contribution is -2.69. The van der Waals surface area contributed by atoms with E-state index >= 15 is 0 Å². The van der Waals surface area contributed by atoms with Gasteiger partial charge < -0.3 is 14.2 Å². The summed E-state index contributed by atoms with van der Waals surface area (Å²) in [6.45, 7) is 12.7. The van der Waals surface area contributed by atoms with Crippen LogP contribution in [0.15, 0.2) is 0 Å². The highest BCUT2D eigenvalue weighted by Gasteiger charge is 2.57. The lowest BCUT2D eigenvalue weighted by Gasteiger charge is -2.49. The average molecular weight is 439 g/mol. The normalized spacial score (nSPS) is 30.2. The molecule has 1 aliphatic carbocycles. The van der Waals surface area contributed by atoms with E-state index < -0.39 is 11.4 Å². The molecule has 0 radical (unpaired) electrons. The van der Waals surface area contributed by atoms with E-state index in [4.69, 9.17) is 14.2 Å². The van der Waals surface area contributed by atoms with Gasteiger partial charge >= 0.3 is 11.9 Å². The first kappa shape index (κ1) is 24.5. The molecule has 2 unspecified atom stereocenters. The van der Waals surface area contributed by atoms with Crippen molar-refractivity contribution in [2.75, 3.05) is 26.2 Å². The van der Waals surface area contributed by atoms with Crippen molar-refractivity contribution in [2.45, 2.75) is 110 Å². The van der Waals surface area contributed by atoms with Gasteiger partial charge in [0.2, 0.25) is 0 Å². The second kappa shape index (κ2) is 10.2. The first-order valence-corrected chi connectivity index (χ1v) is 12.3. The fraction of sp³-hybridized carbons (Fsp3) is 0.917. The molecule has 3 fully saturated rings. The number of ether oxygens (including phenoxy) is 3. The van der Waals surface area contributed by atoms with E-state index in [9.17, 15) is 9.59 Å². The van der Waals surface area contributed by atoms with Gasteiger partial charge in [0.15, 0.2) is 0 Å². The third-order valence-electron chi connectivity index (χ3n) is 6.77. The number of hydrogen-bond donors (Lipinski definition) is 0. The summed E-state index contributed by atoms with van der Waals surface area (Å²) >= 11 is 0. The molecule has 7 nitrogen and oxygen atoms in total. The van der Waals surface area contributed by atoms with Crippen LogP contribution in [0.1, 0.15) is 86.0 Å². The highest BCUT2D eigenvalue weighted by atomic mass is 16.6. The lowest BCUT2D eigenvalue weighted by atomic mass is 9.87. The predicted octanol–water partition coefficient (Wildman–Crippen LogP) is 3.70. The maximum absolute atomic E-state index is 13.8. The topological polar surface area (TPSA) is 68.3 Å². The van der Waals surface area contributed by atoms with Gasteiger partial charge in [-0.3, -0.25) is 14.6 Å². The number of carbonyl (C=O) groups excluding carboxylic acids is 2. The fourth-order valence-corrected chi connectivity index (χ4v) is 5.28. The van der Waals surface area contributed by atoms with Crippen LogP contribution in [0.25, 0.3) is 0 Å². The summed E-state index contributed by atoms with van der Waals surface area (Å²) < 4.78 is 18.0. The van der Waals surface area contributed by atoms with Gasteiger partial charge in [0.05, 0.1) is 18.6 Å². The summed E-state index contributed by atoms with van der Waals surface area (Å²) in [6.07, 6.45) is 7.14. The summed E-state index contributed by atoms with van der Waals surface area (Å²) in [5.74, 6) is -1.63. The molecule has 1 saturated carbocycles. The van der Waals surface area contributed by atoms with Crippen molar-refractivity contribution in [1.29, 1.82) is 0 Å². The van der Waals surface area contributed by atoms with Gasteiger partial charge in [0.25, 0.3) is 5.85 Å². The molecule has 2 saturated heterocycles. The maximum Gasteiger partial charge on any atom is 0.371 e. The Bertz CT molecular complexity index is 620. The molecular formula is C24H42N2O5. The summed E-state index contributed by atoms with van der Waals surface area (Å²) in [6, 6.07) is 0.254. The molecule has 3 aliphatic rings. The number of hydrogen-bond acceptors (Lipinski definition) is 7. The molecular weight excluding hydrogens is 396 g/mol. The van der Waals surface area contributed by atoms with Crippen molar-refractivity contribution >= 4 is 11.9 Å². The zero-order valence-electron chi connectivity index (χ0n) is 20.2. The van der Waals surface area contributed by atoms with Gasteiger partial charge in [-0.2, -0.15) is 0 Å². The third kappa shape index (κ3) is 5.60. The van der Waals surface area contributed by atoms with Crippen molar-refractivity contribution in [3.8, 4) is 0 Å². The Labute approximate surface area is 187 Å². The van der Waals surface area contributed by atoms with Crippen LogP contribution in [0.4, 0.5) is 0 Å². The van der Waals surface area contributed by atoms with E-state index in [-0.39, 0.29) is 30.0 Å². The van der Waals surface area contributed by atoms with E-state index in [0.29, 0.717) is 6.61 Å². The van der Waals surface area contributed by atoms with Crippen LogP contribution in [0, 0.1) is 5.92 Å². The highest BCUT2D eigenvalue weighted by molar-refractivity contribution is 5.79. The zero-order valence-corrected chi connectivity index (χ0v) is 20.2. The van der Waals surface area contributed by atoms with Crippen LogP contribution in [0.2, 0.25) is 0 Å². The predicted molar refractivity (Wildman–Crippen MR) is 118 cm³/mol. The van der Waals surface area contributed by atoms with Crippen LogP contribution in [0.5, 0.6) is 0 Å². The van der Waals surface area contributed by atoms with Crippen LogP contribution in [-0.4, -0.2) is 71.6 Å². The van der Waals surface area contributed by atoms with Crippen LogP contribution in [-0.2, 0) is 23.8 Å². The minimum absolute atomic E-state index is 0.0618. The highest BCUT2D eigenvalue weighted by Crippen LogP contribution is 2.39. The molecule has 0 bridgehead atoms. The van der Waals surface area contributed by atoms with E-state index in [1.165, 1.54) is 0 Å². The molecule has 2 atom stereocenters. The smallest absolute Gasteiger partial charge is 0.371 e. The van der Waals surface area contributed by atoms with Crippen LogP contribution >= 0.6 is 0 Å². The standard InChI is InChI=1S/C24H42N2O5/c1-6-29-21(27)19-11-13-20(14-12-19)30-24(25-15-7-8-16-25,22(28)31-23(3,4)5)26-17-9-10-18(26)2/h18-20H,6-17H2,1-5H3. The molecule has 3 rings (SSSR count). The number of likely N-dealkylation sites (tertiary alicyclic amines) is 2.